The van der Waals surface area contributed by atoms with E-state index < -0.39 is 0 Å². The average Bonchev–Trinajstić information content (AvgIpc) is 2.55. The number of hydrogen-bond acceptors (Lipinski definition) is 5. The molecular formula is C16H23N5. The van der Waals surface area contributed by atoms with Crippen LogP contribution in [0.4, 0.5) is 5.82 Å². The minimum atomic E-state index is 0.799. The predicted molar refractivity (Wildman–Crippen MR) is 86.5 cm³/mol. The van der Waals surface area contributed by atoms with Crippen LogP contribution in [-0.4, -0.2) is 54.1 Å². The van der Waals surface area contributed by atoms with E-state index in [-0.39, 0.29) is 0 Å². The Bertz CT molecular complexity index is 572. The summed E-state index contributed by atoms with van der Waals surface area (Å²) in [4.78, 5) is 13.8. The molecule has 1 aliphatic heterocycles. The Kier molecular flexibility index (Phi) is 4.62. The maximum Gasteiger partial charge on any atom is 0.139 e. The second-order valence-electron chi connectivity index (χ2n) is 5.54. The maximum absolute atomic E-state index is 5.55. The number of hydrogen-bond donors (Lipinski definition) is 1. The molecule has 5 heteroatoms. The molecule has 2 aromatic rings. The number of unbranched alkanes of at least 4 members (excludes halogenated alkanes) is 1. The maximum atomic E-state index is 5.55. The van der Waals surface area contributed by atoms with Crippen molar-refractivity contribution in [1.82, 2.24) is 14.9 Å². The molecule has 0 amide bonds. The Balaban J connectivity index is 1.66. The van der Waals surface area contributed by atoms with Gasteiger partial charge >= 0.3 is 0 Å². The van der Waals surface area contributed by atoms with E-state index in [1.165, 1.54) is 6.42 Å². The topological polar surface area (TPSA) is 58.3 Å². The quantitative estimate of drug-likeness (QED) is 0.844. The standard InChI is InChI=1S/C16H23N5/c17-7-3-4-8-20-9-11-21(12-10-20)16-14-5-1-2-6-15(14)18-13-19-16/h1-2,5-6,13H,3-4,7-12,17H2. The van der Waals surface area contributed by atoms with Gasteiger partial charge in [0.25, 0.3) is 0 Å². The molecule has 1 aromatic carbocycles. The van der Waals surface area contributed by atoms with E-state index in [4.69, 9.17) is 5.73 Å². The Morgan fingerprint density at radius 3 is 2.62 bits per heavy atom. The summed E-state index contributed by atoms with van der Waals surface area (Å²) in [5.41, 5.74) is 6.58. The lowest BCUT2D eigenvalue weighted by Crippen LogP contribution is -2.47. The molecule has 0 spiro atoms. The summed E-state index contributed by atoms with van der Waals surface area (Å²) in [5, 5.41) is 1.15. The normalized spacial score (nSPS) is 16.5. The molecule has 112 valence electrons. The summed E-state index contributed by atoms with van der Waals surface area (Å²) in [6, 6.07) is 8.23. The first-order chi connectivity index (χ1) is 10.4. The minimum absolute atomic E-state index is 0.799. The number of aromatic nitrogens is 2. The summed E-state index contributed by atoms with van der Waals surface area (Å²) < 4.78 is 0. The third kappa shape index (κ3) is 3.31. The van der Waals surface area contributed by atoms with Crippen molar-refractivity contribution in [1.29, 1.82) is 0 Å². The molecule has 3 rings (SSSR count). The van der Waals surface area contributed by atoms with Crippen LogP contribution in [0, 0.1) is 0 Å². The molecule has 2 N–H and O–H groups in total. The van der Waals surface area contributed by atoms with Crippen molar-refractivity contribution < 1.29 is 0 Å². The number of anilines is 1. The lowest BCUT2D eigenvalue weighted by Gasteiger charge is -2.35. The lowest BCUT2D eigenvalue weighted by molar-refractivity contribution is 0.253. The monoisotopic (exact) mass is 285 g/mol. The number of piperazine rings is 1. The van der Waals surface area contributed by atoms with Gasteiger partial charge in [-0.2, -0.15) is 0 Å². The first-order valence-electron chi connectivity index (χ1n) is 7.75. The number of para-hydroxylation sites is 1. The van der Waals surface area contributed by atoms with Gasteiger partial charge in [-0.3, -0.25) is 4.90 Å². The van der Waals surface area contributed by atoms with Crippen LogP contribution in [0.5, 0.6) is 0 Å². The number of nitrogens with zero attached hydrogens (tertiary/aromatic N) is 4. The van der Waals surface area contributed by atoms with Crippen LogP contribution in [0.1, 0.15) is 12.8 Å². The molecule has 0 bridgehead atoms. The highest BCUT2D eigenvalue weighted by atomic mass is 15.3. The van der Waals surface area contributed by atoms with Crippen molar-refractivity contribution in [3.05, 3.63) is 30.6 Å². The van der Waals surface area contributed by atoms with Crippen molar-refractivity contribution in [3.63, 3.8) is 0 Å². The van der Waals surface area contributed by atoms with Crippen LogP contribution < -0.4 is 10.6 Å². The fourth-order valence-electron chi connectivity index (χ4n) is 2.91. The van der Waals surface area contributed by atoms with Crippen LogP contribution in [0.2, 0.25) is 0 Å². The van der Waals surface area contributed by atoms with Gasteiger partial charge in [-0.05, 0) is 38.1 Å². The highest BCUT2D eigenvalue weighted by molar-refractivity contribution is 5.89. The van der Waals surface area contributed by atoms with Gasteiger partial charge in [-0.25, -0.2) is 9.97 Å². The van der Waals surface area contributed by atoms with E-state index in [0.29, 0.717) is 0 Å². The fourth-order valence-corrected chi connectivity index (χ4v) is 2.91. The fraction of sp³-hybridized carbons (Fsp3) is 0.500. The zero-order valence-corrected chi connectivity index (χ0v) is 12.4. The van der Waals surface area contributed by atoms with E-state index in [0.717, 1.165) is 62.4 Å². The molecular weight excluding hydrogens is 262 g/mol. The lowest BCUT2D eigenvalue weighted by atomic mass is 10.2. The van der Waals surface area contributed by atoms with Crippen molar-refractivity contribution in [2.45, 2.75) is 12.8 Å². The summed E-state index contributed by atoms with van der Waals surface area (Å²) in [6.07, 6.45) is 4.00. The zero-order chi connectivity index (χ0) is 14.5. The molecule has 1 saturated heterocycles. The summed E-state index contributed by atoms with van der Waals surface area (Å²) in [5.74, 6) is 1.07. The van der Waals surface area contributed by atoms with Crippen LogP contribution in [-0.2, 0) is 0 Å². The highest BCUT2D eigenvalue weighted by Crippen LogP contribution is 2.23. The van der Waals surface area contributed by atoms with Gasteiger partial charge in [-0.15, -0.1) is 0 Å². The summed E-state index contributed by atoms with van der Waals surface area (Å²) >= 11 is 0. The SMILES string of the molecule is NCCCCN1CCN(c2ncnc3ccccc23)CC1. The average molecular weight is 285 g/mol. The zero-order valence-electron chi connectivity index (χ0n) is 12.4. The van der Waals surface area contributed by atoms with Crippen molar-refractivity contribution in [2.75, 3.05) is 44.2 Å². The Labute approximate surface area is 125 Å². The summed E-state index contributed by atoms with van der Waals surface area (Å²) in [7, 11) is 0. The van der Waals surface area contributed by atoms with Crippen LogP contribution >= 0.6 is 0 Å². The van der Waals surface area contributed by atoms with Crippen LogP contribution in [0.15, 0.2) is 30.6 Å². The second-order valence-corrected chi connectivity index (χ2v) is 5.54. The summed E-state index contributed by atoms with van der Waals surface area (Å²) in [6.45, 7) is 6.22. The minimum Gasteiger partial charge on any atom is -0.353 e. The van der Waals surface area contributed by atoms with Gasteiger partial charge in [0.15, 0.2) is 0 Å². The first kappa shape index (κ1) is 14.2. The number of benzene rings is 1. The highest BCUT2D eigenvalue weighted by Gasteiger charge is 2.19. The molecule has 2 heterocycles. The Morgan fingerprint density at radius 1 is 1.00 bits per heavy atom. The van der Waals surface area contributed by atoms with Crippen LogP contribution in [0.3, 0.4) is 0 Å². The largest absolute Gasteiger partial charge is 0.353 e. The van der Waals surface area contributed by atoms with Gasteiger partial charge in [0, 0.05) is 31.6 Å². The molecule has 0 unspecified atom stereocenters. The molecule has 5 nitrogen and oxygen atoms in total. The number of rotatable bonds is 5. The Morgan fingerprint density at radius 2 is 1.81 bits per heavy atom. The molecule has 0 radical (unpaired) electrons. The van der Waals surface area contributed by atoms with Crippen molar-refractivity contribution in [3.8, 4) is 0 Å². The van der Waals surface area contributed by atoms with E-state index in [1.807, 2.05) is 12.1 Å². The van der Waals surface area contributed by atoms with E-state index in [1.54, 1.807) is 6.33 Å². The third-order valence-corrected chi connectivity index (χ3v) is 4.12. The predicted octanol–water partition coefficient (Wildman–Crippen LogP) is 1.49. The van der Waals surface area contributed by atoms with Crippen molar-refractivity contribution in [2.24, 2.45) is 5.73 Å². The number of nitrogens with two attached hydrogens (primary N) is 1. The first-order valence-corrected chi connectivity index (χ1v) is 7.75. The van der Waals surface area contributed by atoms with E-state index >= 15 is 0 Å². The van der Waals surface area contributed by atoms with Gasteiger partial charge in [0.1, 0.15) is 12.1 Å². The third-order valence-electron chi connectivity index (χ3n) is 4.12. The van der Waals surface area contributed by atoms with Gasteiger partial charge in [-0.1, -0.05) is 12.1 Å². The molecule has 0 atom stereocenters. The van der Waals surface area contributed by atoms with Crippen molar-refractivity contribution >= 4 is 16.7 Å². The van der Waals surface area contributed by atoms with E-state index in [2.05, 4.69) is 31.9 Å². The smallest absolute Gasteiger partial charge is 0.139 e. The van der Waals surface area contributed by atoms with Crippen LogP contribution in [0.25, 0.3) is 10.9 Å². The molecule has 1 aromatic heterocycles. The molecule has 0 aliphatic carbocycles. The molecule has 0 saturated carbocycles. The number of fused-ring (bicyclic) bond motifs is 1. The molecule has 1 aliphatic rings. The molecule has 1 fully saturated rings. The Hall–Kier alpha value is -1.72. The van der Waals surface area contributed by atoms with Gasteiger partial charge in [0.2, 0.25) is 0 Å². The second kappa shape index (κ2) is 6.83. The van der Waals surface area contributed by atoms with Gasteiger partial charge < -0.3 is 10.6 Å². The molecule has 21 heavy (non-hydrogen) atoms. The van der Waals surface area contributed by atoms with E-state index in [9.17, 15) is 0 Å². The van der Waals surface area contributed by atoms with Gasteiger partial charge in [0.05, 0.1) is 5.52 Å².